The third kappa shape index (κ3) is 3.63. The number of amides is 1. The molecule has 1 N–H and O–H groups in total. The van der Waals surface area contributed by atoms with E-state index in [2.05, 4.69) is 5.32 Å². The highest BCUT2D eigenvalue weighted by Gasteiger charge is 2.12. The first-order valence-corrected chi connectivity index (χ1v) is 7.73. The van der Waals surface area contributed by atoms with Crippen LogP contribution in [0.4, 0.5) is 14.5 Å². The van der Waals surface area contributed by atoms with Gasteiger partial charge in [0.15, 0.2) is 21.5 Å². The minimum atomic E-state index is -3.40. The van der Waals surface area contributed by atoms with Gasteiger partial charge in [-0.3, -0.25) is 4.79 Å². The van der Waals surface area contributed by atoms with Crippen molar-refractivity contribution in [3.63, 3.8) is 0 Å². The quantitative estimate of drug-likeness (QED) is 0.948. The van der Waals surface area contributed by atoms with E-state index in [1.165, 1.54) is 24.3 Å². The fourth-order valence-electron chi connectivity index (χ4n) is 1.65. The number of hydrogen-bond donors (Lipinski definition) is 1. The minimum Gasteiger partial charge on any atom is -0.322 e. The molecule has 0 atom stereocenters. The standard InChI is InChI=1S/C14H11F2NO3S/c1-21(19,20)11-4-2-3-10(8-11)17-14(18)9-5-6-12(15)13(16)7-9/h2-8H,1H3,(H,17,18). The molecule has 110 valence electrons. The van der Waals surface area contributed by atoms with Gasteiger partial charge in [-0.15, -0.1) is 0 Å². The van der Waals surface area contributed by atoms with Gasteiger partial charge in [0, 0.05) is 17.5 Å². The van der Waals surface area contributed by atoms with Gasteiger partial charge < -0.3 is 5.32 Å². The average molecular weight is 311 g/mol. The maximum absolute atomic E-state index is 13.1. The number of carbonyl (C=O) groups excluding carboxylic acids is 1. The largest absolute Gasteiger partial charge is 0.322 e. The molecule has 0 saturated heterocycles. The van der Waals surface area contributed by atoms with Gasteiger partial charge in [-0.1, -0.05) is 6.07 Å². The lowest BCUT2D eigenvalue weighted by Gasteiger charge is -2.07. The van der Waals surface area contributed by atoms with E-state index in [9.17, 15) is 22.0 Å². The maximum Gasteiger partial charge on any atom is 0.255 e. The fraction of sp³-hybridized carbons (Fsp3) is 0.0714. The molecule has 7 heteroatoms. The molecule has 2 aromatic carbocycles. The molecule has 0 spiro atoms. The number of hydrogen-bond acceptors (Lipinski definition) is 3. The molecule has 0 unspecified atom stereocenters. The zero-order valence-electron chi connectivity index (χ0n) is 10.9. The Balaban J connectivity index is 2.25. The second-order valence-electron chi connectivity index (χ2n) is 4.38. The Kier molecular flexibility index (Phi) is 4.04. The van der Waals surface area contributed by atoms with Crippen LogP contribution in [0.5, 0.6) is 0 Å². The van der Waals surface area contributed by atoms with Gasteiger partial charge in [0.25, 0.3) is 5.91 Å². The SMILES string of the molecule is CS(=O)(=O)c1cccc(NC(=O)c2ccc(F)c(F)c2)c1. The lowest BCUT2D eigenvalue weighted by atomic mass is 10.2. The van der Waals surface area contributed by atoms with Gasteiger partial charge >= 0.3 is 0 Å². The Morgan fingerprint density at radius 3 is 2.38 bits per heavy atom. The highest BCUT2D eigenvalue weighted by molar-refractivity contribution is 7.90. The molecule has 21 heavy (non-hydrogen) atoms. The van der Waals surface area contributed by atoms with Crippen LogP contribution in [-0.4, -0.2) is 20.6 Å². The van der Waals surface area contributed by atoms with Crippen molar-refractivity contribution >= 4 is 21.4 Å². The van der Waals surface area contributed by atoms with Crippen molar-refractivity contribution in [1.29, 1.82) is 0 Å². The monoisotopic (exact) mass is 311 g/mol. The first kappa shape index (κ1) is 15.1. The lowest BCUT2D eigenvalue weighted by Crippen LogP contribution is -2.12. The van der Waals surface area contributed by atoms with Gasteiger partial charge in [0.2, 0.25) is 0 Å². The van der Waals surface area contributed by atoms with E-state index >= 15 is 0 Å². The molecule has 1 amide bonds. The number of benzene rings is 2. The van der Waals surface area contributed by atoms with Crippen LogP contribution in [0, 0.1) is 11.6 Å². The highest BCUT2D eigenvalue weighted by Crippen LogP contribution is 2.17. The Hall–Kier alpha value is -2.28. The predicted octanol–water partition coefficient (Wildman–Crippen LogP) is 2.62. The summed E-state index contributed by atoms with van der Waals surface area (Å²) in [6.45, 7) is 0. The summed E-state index contributed by atoms with van der Waals surface area (Å²) in [7, 11) is -3.40. The van der Waals surface area contributed by atoms with Crippen molar-refractivity contribution in [2.24, 2.45) is 0 Å². The van der Waals surface area contributed by atoms with E-state index in [0.29, 0.717) is 0 Å². The third-order valence-corrected chi connectivity index (χ3v) is 3.81. The summed E-state index contributed by atoms with van der Waals surface area (Å²) in [4.78, 5) is 11.9. The van der Waals surface area contributed by atoms with Crippen molar-refractivity contribution in [2.75, 3.05) is 11.6 Å². The minimum absolute atomic E-state index is 0.0468. The molecule has 0 bridgehead atoms. The molecule has 2 rings (SSSR count). The molecule has 0 radical (unpaired) electrons. The van der Waals surface area contributed by atoms with Gasteiger partial charge in [0.05, 0.1) is 4.90 Å². The van der Waals surface area contributed by atoms with Crippen molar-refractivity contribution in [2.45, 2.75) is 4.90 Å². The van der Waals surface area contributed by atoms with E-state index in [4.69, 9.17) is 0 Å². The zero-order chi connectivity index (χ0) is 15.6. The highest BCUT2D eigenvalue weighted by atomic mass is 32.2. The Bertz CT molecular complexity index is 804. The van der Waals surface area contributed by atoms with Crippen LogP contribution in [0.1, 0.15) is 10.4 Å². The van der Waals surface area contributed by atoms with Crippen LogP contribution in [0.2, 0.25) is 0 Å². The topological polar surface area (TPSA) is 63.2 Å². The Morgan fingerprint density at radius 2 is 1.76 bits per heavy atom. The number of nitrogens with one attached hydrogen (secondary N) is 1. The molecule has 4 nitrogen and oxygen atoms in total. The summed E-state index contributed by atoms with van der Waals surface area (Å²) < 4.78 is 48.7. The lowest BCUT2D eigenvalue weighted by molar-refractivity contribution is 0.102. The van der Waals surface area contributed by atoms with Crippen molar-refractivity contribution in [3.05, 3.63) is 59.7 Å². The molecular formula is C14H11F2NO3S. The summed E-state index contributed by atoms with van der Waals surface area (Å²) >= 11 is 0. The average Bonchev–Trinajstić information content (AvgIpc) is 2.41. The van der Waals surface area contributed by atoms with Crippen LogP contribution in [0.3, 0.4) is 0 Å². The molecule has 0 aliphatic heterocycles. The maximum atomic E-state index is 13.1. The molecular weight excluding hydrogens is 300 g/mol. The molecule has 0 fully saturated rings. The van der Waals surface area contributed by atoms with Gasteiger partial charge in [-0.2, -0.15) is 0 Å². The smallest absolute Gasteiger partial charge is 0.255 e. The zero-order valence-corrected chi connectivity index (χ0v) is 11.7. The Labute approximate surface area is 120 Å². The number of anilines is 1. The van der Waals surface area contributed by atoms with Crippen LogP contribution in [-0.2, 0) is 9.84 Å². The van der Waals surface area contributed by atoms with Gasteiger partial charge in [-0.25, -0.2) is 17.2 Å². The van der Waals surface area contributed by atoms with Crippen LogP contribution in [0.25, 0.3) is 0 Å². The van der Waals surface area contributed by atoms with E-state index in [0.717, 1.165) is 24.5 Å². The fourth-order valence-corrected chi connectivity index (χ4v) is 2.31. The molecule has 0 saturated carbocycles. The second-order valence-corrected chi connectivity index (χ2v) is 6.40. The summed E-state index contributed by atoms with van der Waals surface area (Å²) in [5.74, 6) is -2.85. The van der Waals surface area contributed by atoms with Crippen molar-refractivity contribution < 1.29 is 22.0 Å². The number of carbonyl (C=O) groups is 1. The first-order valence-electron chi connectivity index (χ1n) is 5.84. The van der Waals surface area contributed by atoms with E-state index in [1.54, 1.807) is 0 Å². The van der Waals surface area contributed by atoms with E-state index < -0.39 is 27.4 Å². The van der Waals surface area contributed by atoms with Crippen LogP contribution < -0.4 is 5.32 Å². The van der Waals surface area contributed by atoms with E-state index in [1.807, 2.05) is 0 Å². The summed E-state index contributed by atoms with van der Waals surface area (Å²) in [6.07, 6.45) is 1.04. The summed E-state index contributed by atoms with van der Waals surface area (Å²) in [5.41, 5.74) is 0.173. The van der Waals surface area contributed by atoms with Crippen molar-refractivity contribution in [3.8, 4) is 0 Å². The van der Waals surface area contributed by atoms with Gasteiger partial charge in [0.1, 0.15) is 0 Å². The molecule has 0 aromatic heterocycles. The summed E-state index contributed by atoms with van der Waals surface area (Å²) in [5, 5.41) is 2.42. The molecule has 0 heterocycles. The van der Waals surface area contributed by atoms with Crippen molar-refractivity contribution in [1.82, 2.24) is 0 Å². The predicted molar refractivity (Wildman–Crippen MR) is 73.9 cm³/mol. The first-order chi connectivity index (χ1) is 9.77. The number of halogens is 2. The van der Waals surface area contributed by atoms with Crippen LogP contribution >= 0.6 is 0 Å². The number of sulfone groups is 1. The third-order valence-electron chi connectivity index (χ3n) is 2.70. The normalized spacial score (nSPS) is 11.2. The van der Waals surface area contributed by atoms with Gasteiger partial charge in [-0.05, 0) is 36.4 Å². The van der Waals surface area contributed by atoms with E-state index in [-0.39, 0.29) is 16.1 Å². The molecule has 0 aliphatic rings. The van der Waals surface area contributed by atoms with Crippen LogP contribution in [0.15, 0.2) is 47.4 Å². The molecule has 0 aliphatic carbocycles. The number of rotatable bonds is 3. The second kappa shape index (κ2) is 5.61. The Morgan fingerprint density at radius 1 is 1.05 bits per heavy atom. The molecule has 2 aromatic rings. The summed E-state index contributed by atoms with van der Waals surface area (Å²) in [6, 6.07) is 8.38.